The molecule has 0 unspecified atom stereocenters. The van der Waals surface area contributed by atoms with Gasteiger partial charge in [-0.05, 0) is 43.7 Å². The summed E-state index contributed by atoms with van der Waals surface area (Å²) in [6.45, 7) is 4.22. The number of halogens is 2. The van der Waals surface area contributed by atoms with Crippen LogP contribution in [0.4, 0.5) is 14.5 Å². The lowest BCUT2D eigenvalue weighted by Gasteiger charge is -2.09. The van der Waals surface area contributed by atoms with Crippen LogP contribution in [0.2, 0.25) is 0 Å². The predicted octanol–water partition coefficient (Wildman–Crippen LogP) is 4.28. The van der Waals surface area contributed by atoms with Crippen molar-refractivity contribution in [3.8, 4) is 11.4 Å². The third kappa shape index (κ3) is 4.33. The minimum atomic E-state index is -0.413. The summed E-state index contributed by atoms with van der Waals surface area (Å²) < 4.78 is 29.1. The molecule has 27 heavy (non-hydrogen) atoms. The van der Waals surface area contributed by atoms with Gasteiger partial charge in [0.15, 0.2) is 11.0 Å². The van der Waals surface area contributed by atoms with Gasteiger partial charge in [0.05, 0.1) is 11.3 Å². The molecule has 3 aromatic rings. The number of carbonyl (C=O) groups is 1. The highest BCUT2D eigenvalue weighted by Gasteiger charge is 2.17. The maximum Gasteiger partial charge on any atom is 0.234 e. The average molecular weight is 388 g/mol. The number of hydrogen-bond acceptors (Lipinski definition) is 4. The van der Waals surface area contributed by atoms with Crippen LogP contribution < -0.4 is 5.32 Å². The molecule has 0 radical (unpaired) electrons. The number of aromatic nitrogens is 3. The van der Waals surface area contributed by atoms with E-state index in [4.69, 9.17) is 0 Å². The van der Waals surface area contributed by atoms with Crippen molar-refractivity contribution in [2.45, 2.75) is 25.5 Å². The molecule has 0 aliphatic heterocycles. The third-order valence-corrected chi connectivity index (χ3v) is 4.92. The highest BCUT2D eigenvalue weighted by molar-refractivity contribution is 7.99. The molecule has 0 fully saturated rings. The molecule has 0 saturated carbocycles. The first-order chi connectivity index (χ1) is 13.0. The van der Waals surface area contributed by atoms with Crippen molar-refractivity contribution in [2.75, 3.05) is 11.1 Å². The van der Waals surface area contributed by atoms with Gasteiger partial charge in [0.2, 0.25) is 5.91 Å². The van der Waals surface area contributed by atoms with Crippen molar-refractivity contribution in [3.63, 3.8) is 0 Å². The van der Waals surface area contributed by atoms with E-state index in [-0.39, 0.29) is 17.5 Å². The van der Waals surface area contributed by atoms with Crippen LogP contribution >= 0.6 is 11.8 Å². The molecule has 8 heteroatoms. The maximum atomic E-state index is 14.0. The summed E-state index contributed by atoms with van der Waals surface area (Å²) in [6.07, 6.45) is 0. The molecule has 1 amide bonds. The highest BCUT2D eigenvalue weighted by Crippen LogP contribution is 2.26. The van der Waals surface area contributed by atoms with E-state index < -0.39 is 5.82 Å². The Morgan fingerprint density at radius 3 is 2.70 bits per heavy atom. The van der Waals surface area contributed by atoms with Crippen molar-refractivity contribution in [1.29, 1.82) is 0 Å². The summed E-state index contributed by atoms with van der Waals surface area (Å²) in [5.41, 5.74) is 1.57. The summed E-state index contributed by atoms with van der Waals surface area (Å²) >= 11 is 1.19. The maximum absolute atomic E-state index is 14.0. The normalized spacial score (nSPS) is 10.8. The van der Waals surface area contributed by atoms with Gasteiger partial charge in [-0.25, -0.2) is 8.78 Å². The van der Waals surface area contributed by atoms with Gasteiger partial charge in [-0.1, -0.05) is 30.0 Å². The molecule has 1 heterocycles. The second kappa shape index (κ2) is 8.30. The topological polar surface area (TPSA) is 59.8 Å². The van der Waals surface area contributed by atoms with Crippen LogP contribution in [0.3, 0.4) is 0 Å². The van der Waals surface area contributed by atoms with E-state index in [1.807, 2.05) is 6.92 Å². The Morgan fingerprint density at radius 1 is 1.19 bits per heavy atom. The standard InChI is InChI=1S/C19H18F2N4OS/c1-3-25-18(14-6-4-5-7-15(14)21)23-24-19(25)27-11-17(26)22-16-10-13(20)9-8-12(16)2/h4-10H,3,11H2,1-2H3,(H,22,26). The van der Waals surface area contributed by atoms with Gasteiger partial charge in [-0.15, -0.1) is 10.2 Å². The SMILES string of the molecule is CCn1c(SCC(=O)Nc2cc(F)ccc2C)nnc1-c1ccccc1F. The largest absolute Gasteiger partial charge is 0.325 e. The lowest BCUT2D eigenvalue weighted by Crippen LogP contribution is -2.15. The lowest BCUT2D eigenvalue weighted by atomic mass is 10.2. The number of hydrogen-bond donors (Lipinski definition) is 1. The molecule has 0 spiro atoms. The smallest absolute Gasteiger partial charge is 0.234 e. The van der Waals surface area contributed by atoms with Gasteiger partial charge >= 0.3 is 0 Å². The summed E-state index contributed by atoms with van der Waals surface area (Å²) in [5, 5.41) is 11.4. The van der Waals surface area contributed by atoms with Crippen LogP contribution in [0.1, 0.15) is 12.5 Å². The van der Waals surface area contributed by atoms with E-state index in [2.05, 4.69) is 15.5 Å². The second-order valence-corrected chi connectivity index (χ2v) is 6.77. The first kappa shape index (κ1) is 19.0. The molecule has 3 rings (SSSR count). The molecule has 0 saturated heterocycles. The van der Waals surface area contributed by atoms with Gasteiger partial charge in [0.1, 0.15) is 11.6 Å². The number of benzene rings is 2. The fraction of sp³-hybridized carbons (Fsp3) is 0.211. The van der Waals surface area contributed by atoms with Crippen molar-refractivity contribution in [1.82, 2.24) is 14.8 Å². The number of nitrogens with one attached hydrogen (secondary N) is 1. The molecule has 2 aromatic carbocycles. The van der Waals surface area contributed by atoms with E-state index in [1.54, 1.807) is 35.8 Å². The van der Waals surface area contributed by atoms with Crippen molar-refractivity contribution in [2.24, 2.45) is 0 Å². The van der Waals surface area contributed by atoms with Crippen molar-refractivity contribution in [3.05, 3.63) is 59.7 Å². The highest BCUT2D eigenvalue weighted by atomic mass is 32.2. The molecule has 0 bridgehead atoms. The van der Waals surface area contributed by atoms with Crippen LogP contribution in [0.5, 0.6) is 0 Å². The number of carbonyl (C=O) groups excluding carboxylic acids is 1. The molecular weight excluding hydrogens is 370 g/mol. The van der Waals surface area contributed by atoms with Crippen LogP contribution in [-0.2, 0) is 11.3 Å². The number of aryl methyl sites for hydroxylation is 1. The van der Waals surface area contributed by atoms with Gasteiger partial charge in [-0.3, -0.25) is 4.79 Å². The van der Waals surface area contributed by atoms with Crippen molar-refractivity contribution >= 4 is 23.4 Å². The van der Waals surface area contributed by atoms with Crippen LogP contribution in [-0.4, -0.2) is 26.4 Å². The van der Waals surface area contributed by atoms with E-state index in [0.29, 0.717) is 28.8 Å². The van der Waals surface area contributed by atoms with Crippen LogP contribution in [0, 0.1) is 18.6 Å². The molecule has 0 atom stereocenters. The average Bonchev–Trinajstić information content (AvgIpc) is 3.06. The minimum Gasteiger partial charge on any atom is -0.325 e. The summed E-state index contributed by atoms with van der Waals surface area (Å²) in [4.78, 5) is 12.2. The number of anilines is 1. The monoisotopic (exact) mass is 388 g/mol. The molecular formula is C19H18F2N4OS. The molecule has 5 nitrogen and oxygen atoms in total. The fourth-order valence-electron chi connectivity index (χ4n) is 2.57. The molecule has 140 valence electrons. The number of nitrogens with zero attached hydrogens (tertiary/aromatic N) is 3. The Hall–Kier alpha value is -2.74. The first-order valence-electron chi connectivity index (χ1n) is 8.36. The number of rotatable bonds is 6. The van der Waals surface area contributed by atoms with Crippen molar-refractivity contribution < 1.29 is 13.6 Å². The lowest BCUT2D eigenvalue weighted by molar-refractivity contribution is -0.113. The van der Waals surface area contributed by atoms with E-state index in [0.717, 1.165) is 5.56 Å². The molecule has 0 aliphatic rings. The second-order valence-electron chi connectivity index (χ2n) is 5.83. The number of thioether (sulfide) groups is 1. The Balaban J connectivity index is 1.72. The first-order valence-corrected chi connectivity index (χ1v) is 9.35. The van der Waals surface area contributed by atoms with Crippen LogP contribution in [0.25, 0.3) is 11.4 Å². The van der Waals surface area contributed by atoms with E-state index >= 15 is 0 Å². The Kier molecular flexibility index (Phi) is 5.85. The zero-order valence-electron chi connectivity index (χ0n) is 14.9. The molecule has 1 aromatic heterocycles. The summed E-state index contributed by atoms with van der Waals surface area (Å²) in [7, 11) is 0. The predicted molar refractivity (Wildman–Crippen MR) is 102 cm³/mol. The Morgan fingerprint density at radius 2 is 1.96 bits per heavy atom. The van der Waals surface area contributed by atoms with Gasteiger partial charge in [0.25, 0.3) is 0 Å². The van der Waals surface area contributed by atoms with Gasteiger partial charge in [-0.2, -0.15) is 0 Å². The Bertz CT molecular complexity index is 974. The Labute approximate surface area is 159 Å². The molecule has 1 N–H and O–H groups in total. The van der Waals surface area contributed by atoms with Crippen LogP contribution in [0.15, 0.2) is 47.6 Å². The summed E-state index contributed by atoms with van der Waals surface area (Å²) in [5.74, 6) is -0.587. The third-order valence-electron chi connectivity index (χ3n) is 3.95. The van der Waals surface area contributed by atoms with E-state index in [9.17, 15) is 13.6 Å². The number of amides is 1. The zero-order valence-corrected chi connectivity index (χ0v) is 15.7. The summed E-state index contributed by atoms with van der Waals surface area (Å²) in [6, 6.07) is 10.6. The molecule has 0 aliphatic carbocycles. The zero-order chi connectivity index (χ0) is 19.4. The van der Waals surface area contributed by atoms with Gasteiger partial charge in [0, 0.05) is 12.2 Å². The van der Waals surface area contributed by atoms with Gasteiger partial charge < -0.3 is 9.88 Å². The van der Waals surface area contributed by atoms with E-state index in [1.165, 1.54) is 30.0 Å². The quantitative estimate of drug-likeness (QED) is 0.640. The fourth-order valence-corrected chi connectivity index (χ4v) is 3.37. The minimum absolute atomic E-state index is 0.0748.